The lowest BCUT2D eigenvalue weighted by Gasteiger charge is -2.18. The van der Waals surface area contributed by atoms with Crippen molar-refractivity contribution in [2.75, 3.05) is 13.7 Å². The summed E-state index contributed by atoms with van der Waals surface area (Å²) < 4.78 is 28.6. The fraction of sp³-hybridized carbons (Fsp3) is 0.400. The van der Waals surface area contributed by atoms with Crippen LogP contribution >= 0.6 is 0 Å². The summed E-state index contributed by atoms with van der Waals surface area (Å²) in [4.78, 5) is -0.0157. The molecule has 2 atom stereocenters. The van der Waals surface area contributed by atoms with Crippen LogP contribution in [-0.4, -0.2) is 33.2 Å². The number of primary sulfonamides is 1. The van der Waals surface area contributed by atoms with E-state index in [1.165, 1.54) is 18.7 Å². The molecule has 7 heteroatoms. The van der Waals surface area contributed by atoms with Crippen LogP contribution in [0.4, 0.5) is 0 Å². The number of sulfonamides is 1. The van der Waals surface area contributed by atoms with Gasteiger partial charge in [0.05, 0.1) is 17.6 Å². The van der Waals surface area contributed by atoms with Gasteiger partial charge in [-0.3, -0.25) is 0 Å². The summed E-state index contributed by atoms with van der Waals surface area (Å²) in [6.45, 7) is 2.52. The highest BCUT2D eigenvalue weighted by Crippen LogP contribution is 2.22. The van der Waals surface area contributed by atoms with Crippen molar-refractivity contribution in [1.82, 2.24) is 5.32 Å². The molecular weight excluding hydrogens is 364 g/mol. The van der Waals surface area contributed by atoms with Gasteiger partial charge in [0, 0.05) is 19.7 Å². The highest BCUT2D eigenvalue weighted by molar-refractivity contribution is 7.89. The first kappa shape index (κ1) is 21.5. The maximum Gasteiger partial charge on any atom is 0.238 e. The molecule has 2 unspecified atom stereocenters. The first-order chi connectivity index (χ1) is 12.8. The van der Waals surface area contributed by atoms with Crippen LogP contribution in [0.3, 0.4) is 0 Å². The van der Waals surface area contributed by atoms with Crippen LogP contribution in [-0.2, 0) is 27.8 Å². The predicted molar refractivity (Wildman–Crippen MR) is 106 cm³/mol. The molecule has 2 rings (SSSR count). The van der Waals surface area contributed by atoms with E-state index in [2.05, 4.69) is 24.4 Å². The largest absolute Gasteiger partial charge is 0.387 e. The molecule has 148 valence electrons. The Bertz CT molecular complexity index is 825. The molecule has 0 saturated heterocycles. The van der Waals surface area contributed by atoms with Crippen molar-refractivity contribution >= 4 is 10.0 Å². The van der Waals surface area contributed by atoms with E-state index < -0.39 is 16.1 Å². The van der Waals surface area contributed by atoms with E-state index >= 15 is 0 Å². The molecule has 0 aliphatic rings. The molecule has 0 radical (unpaired) electrons. The number of hydrogen-bond donors (Lipinski definition) is 3. The topological polar surface area (TPSA) is 102 Å². The summed E-state index contributed by atoms with van der Waals surface area (Å²) >= 11 is 0. The third-order valence-corrected chi connectivity index (χ3v) is 5.44. The van der Waals surface area contributed by atoms with Crippen LogP contribution in [0.5, 0.6) is 0 Å². The minimum atomic E-state index is -3.89. The van der Waals surface area contributed by atoms with Crippen LogP contribution in [0, 0.1) is 0 Å². The fourth-order valence-corrected chi connectivity index (χ4v) is 3.67. The number of nitrogens with two attached hydrogens (primary N) is 1. The molecule has 2 aromatic carbocycles. The van der Waals surface area contributed by atoms with Crippen molar-refractivity contribution < 1.29 is 18.3 Å². The van der Waals surface area contributed by atoms with E-state index in [0.29, 0.717) is 17.7 Å². The number of aliphatic hydroxyl groups excluding tert-OH is 1. The number of hydrogen-bond acceptors (Lipinski definition) is 5. The van der Waals surface area contributed by atoms with Gasteiger partial charge in [0.25, 0.3) is 0 Å². The summed E-state index contributed by atoms with van der Waals surface area (Å²) in [5, 5.41) is 19.0. The molecule has 0 spiro atoms. The van der Waals surface area contributed by atoms with Crippen LogP contribution in [0.2, 0.25) is 0 Å². The number of methoxy groups -OCH3 is 1. The molecule has 0 amide bonds. The average molecular weight is 393 g/mol. The Morgan fingerprint density at radius 3 is 2.52 bits per heavy atom. The van der Waals surface area contributed by atoms with Crippen LogP contribution in [0.15, 0.2) is 53.4 Å². The minimum Gasteiger partial charge on any atom is -0.387 e. The van der Waals surface area contributed by atoms with Crippen molar-refractivity contribution in [3.05, 3.63) is 65.2 Å². The normalized spacial score (nSPS) is 14.1. The van der Waals surface area contributed by atoms with Crippen LogP contribution in [0.1, 0.15) is 36.1 Å². The third-order valence-electron chi connectivity index (χ3n) is 4.45. The second-order valence-corrected chi connectivity index (χ2v) is 8.22. The smallest absolute Gasteiger partial charge is 0.238 e. The zero-order chi connectivity index (χ0) is 19.9. The number of benzene rings is 2. The molecule has 0 aliphatic heterocycles. The van der Waals surface area contributed by atoms with Gasteiger partial charge in [-0.05, 0) is 42.5 Å². The molecule has 0 aliphatic carbocycles. The van der Waals surface area contributed by atoms with Gasteiger partial charge in [-0.25, -0.2) is 13.6 Å². The van der Waals surface area contributed by atoms with Crippen molar-refractivity contribution in [3.63, 3.8) is 0 Å². The average Bonchev–Trinajstić information content (AvgIpc) is 2.65. The summed E-state index contributed by atoms with van der Waals surface area (Å²) in [5.74, 6) is 0. The van der Waals surface area contributed by atoms with Gasteiger partial charge in [0.15, 0.2) is 0 Å². The van der Waals surface area contributed by atoms with E-state index in [9.17, 15) is 13.5 Å². The number of nitrogens with one attached hydrogen (secondary N) is 1. The van der Waals surface area contributed by atoms with Gasteiger partial charge in [0.1, 0.15) is 0 Å². The first-order valence-corrected chi connectivity index (χ1v) is 10.5. The quantitative estimate of drug-likeness (QED) is 0.575. The number of rotatable bonds is 10. The molecule has 4 N–H and O–H groups in total. The molecule has 0 heterocycles. The summed E-state index contributed by atoms with van der Waals surface area (Å²) in [7, 11) is -2.41. The lowest BCUT2D eigenvalue weighted by Crippen LogP contribution is -2.31. The monoisotopic (exact) mass is 392 g/mol. The van der Waals surface area contributed by atoms with Gasteiger partial charge in [-0.2, -0.15) is 0 Å². The number of aryl methyl sites for hydroxylation is 1. The highest BCUT2D eigenvalue weighted by atomic mass is 32.2. The van der Waals surface area contributed by atoms with E-state index in [-0.39, 0.29) is 17.5 Å². The lowest BCUT2D eigenvalue weighted by atomic mass is 10.0. The Labute approximate surface area is 161 Å². The van der Waals surface area contributed by atoms with Crippen molar-refractivity contribution in [2.24, 2.45) is 5.14 Å². The van der Waals surface area contributed by atoms with Gasteiger partial charge in [-0.1, -0.05) is 42.5 Å². The van der Waals surface area contributed by atoms with E-state index in [0.717, 1.165) is 12.8 Å². The summed E-state index contributed by atoms with van der Waals surface area (Å²) in [6.07, 6.45) is 1.06. The van der Waals surface area contributed by atoms with E-state index in [4.69, 9.17) is 9.88 Å². The maximum atomic E-state index is 11.8. The van der Waals surface area contributed by atoms with Crippen LogP contribution < -0.4 is 10.5 Å². The third kappa shape index (κ3) is 6.71. The minimum absolute atomic E-state index is 0.0157. The van der Waals surface area contributed by atoms with Crippen molar-refractivity contribution in [2.45, 2.75) is 43.4 Å². The molecule has 0 bridgehead atoms. The molecule has 0 aromatic heterocycles. The Kier molecular flexibility index (Phi) is 7.94. The van der Waals surface area contributed by atoms with E-state index in [1.807, 2.05) is 18.2 Å². The first-order valence-electron chi connectivity index (χ1n) is 8.91. The maximum absolute atomic E-state index is 11.8. The Hall–Kier alpha value is -1.77. The Morgan fingerprint density at radius 1 is 1.19 bits per heavy atom. The second kappa shape index (κ2) is 9.96. The number of ether oxygens (including phenoxy) is 1. The molecule has 27 heavy (non-hydrogen) atoms. The zero-order valence-electron chi connectivity index (χ0n) is 15.8. The Balaban J connectivity index is 1.95. The van der Waals surface area contributed by atoms with Gasteiger partial charge in [-0.15, -0.1) is 0 Å². The van der Waals surface area contributed by atoms with Crippen molar-refractivity contribution in [1.29, 1.82) is 0 Å². The van der Waals surface area contributed by atoms with Gasteiger partial charge < -0.3 is 15.2 Å². The fourth-order valence-electron chi connectivity index (χ4n) is 2.88. The van der Waals surface area contributed by atoms with Gasteiger partial charge in [0.2, 0.25) is 10.0 Å². The molecule has 0 saturated carbocycles. The predicted octanol–water partition coefficient (Wildman–Crippen LogP) is 2.12. The Morgan fingerprint density at radius 2 is 1.89 bits per heavy atom. The van der Waals surface area contributed by atoms with Crippen molar-refractivity contribution in [3.8, 4) is 0 Å². The van der Waals surface area contributed by atoms with E-state index in [1.54, 1.807) is 12.1 Å². The highest BCUT2D eigenvalue weighted by Gasteiger charge is 2.18. The van der Waals surface area contributed by atoms with Crippen LogP contribution in [0.25, 0.3) is 0 Å². The second-order valence-electron chi connectivity index (χ2n) is 6.69. The SMILES string of the molecule is COCc1ccc(C(O)CNC(C)CCc2ccccc2)cc1S(N)(=O)=O. The number of aliphatic hydroxyl groups is 1. The molecule has 2 aromatic rings. The molecular formula is C20H28N2O4S. The summed E-state index contributed by atoms with van der Waals surface area (Å²) in [5.41, 5.74) is 2.25. The molecule has 0 fully saturated rings. The molecule has 6 nitrogen and oxygen atoms in total. The zero-order valence-corrected chi connectivity index (χ0v) is 16.6. The summed E-state index contributed by atoms with van der Waals surface area (Å²) in [6, 6.07) is 15.2. The van der Waals surface area contributed by atoms with Gasteiger partial charge >= 0.3 is 0 Å². The lowest BCUT2D eigenvalue weighted by molar-refractivity contribution is 0.169. The standard InChI is InChI=1S/C20H28N2O4S/c1-15(8-9-16-6-4-3-5-7-16)22-13-19(23)17-10-11-18(14-26-2)20(12-17)27(21,24)25/h3-7,10-12,15,19,22-23H,8-9,13-14H2,1-2H3,(H2,21,24,25).